The molecule has 4 aromatic rings. The summed E-state index contributed by atoms with van der Waals surface area (Å²) in [5.74, 6) is 0.867. The number of nitrogens with zero attached hydrogens (tertiary/aromatic N) is 1. The molecule has 0 fully saturated rings. The zero-order chi connectivity index (χ0) is 28.2. The van der Waals surface area contributed by atoms with Crippen LogP contribution in [0.4, 0.5) is 5.69 Å². The van der Waals surface area contributed by atoms with E-state index in [9.17, 15) is 9.59 Å². The zero-order valence-electron chi connectivity index (χ0n) is 21.8. The highest BCUT2D eigenvalue weighted by molar-refractivity contribution is 6.30. The van der Waals surface area contributed by atoms with Gasteiger partial charge in [-0.25, -0.2) is 5.43 Å². The van der Waals surface area contributed by atoms with Crippen LogP contribution < -0.4 is 25.0 Å². The van der Waals surface area contributed by atoms with E-state index in [0.29, 0.717) is 46.7 Å². The van der Waals surface area contributed by atoms with E-state index in [1.807, 2.05) is 37.3 Å². The van der Waals surface area contributed by atoms with Crippen molar-refractivity contribution in [3.8, 4) is 17.2 Å². The molecule has 0 saturated carbocycles. The van der Waals surface area contributed by atoms with E-state index >= 15 is 0 Å². The van der Waals surface area contributed by atoms with Gasteiger partial charge in [-0.1, -0.05) is 41.9 Å². The maximum absolute atomic E-state index is 12.6. The Morgan fingerprint density at radius 1 is 0.850 bits per heavy atom. The van der Waals surface area contributed by atoms with Crippen molar-refractivity contribution in [1.82, 2.24) is 5.43 Å². The van der Waals surface area contributed by atoms with E-state index in [4.69, 9.17) is 25.8 Å². The van der Waals surface area contributed by atoms with Crippen LogP contribution in [-0.2, 0) is 11.4 Å². The van der Waals surface area contributed by atoms with Gasteiger partial charge in [-0.15, -0.1) is 0 Å². The van der Waals surface area contributed by atoms with Crippen molar-refractivity contribution in [2.45, 2.75) is 13.5 Å². The van der Waals surface area contributed by atoms with E-state index in [-0.39, 0.29) is 12.5 Å². The van der Waals surface area contributed by atoms with Crippen LogP contribution >= 0.6 is 11.6 Å². The molecule has 0 bridgehead atoms. The first-order chi connectivity index (χ1) is 19.5. The molecule has 2 N–H and O–H groups in total. The Morgan fingerprint density at radius 2 is 1.60 bits per heavy atom. The van der Waals surface area contributed by atoms with Gasteiger partial charge in [0.15, 0.2) is 18.1 Å². The minimum absolute atomic E-state index is 0.147. The lowest BCUT2D eigenvalue weighted by atomic mass is 10.2. The van der Waals surface area contributed by atoms with Crippen LogP contribution in [0.3, 0.4) is 0 Å². The normalized spacial score (nSPS) is 10.7. The Labute approximate surface area is 237 Å². The van der Waals surface area contributed by atoms with Crippen molar-refractivity contribution in [3.05, 3.63) is 119 Å². The first-order valence-corrected chi connectivity index (χ1v) is 12.9. The van der Waals surface area contributed by atoms with Crippen LogP contribution in [0.1, 0.15) is 28.4 Å². The molecular formula is C31H28ClN3O5. The Hall–Kier alpha value is -4.82. The van der Waals surface area contributed by atoms with Gasteiger partial charge in [-0.3, -0.25) is 9.59 Å². The number of hydrazone groups is 1. The third kappa shape index (κ3) is 8.61. The lowest BCUT2D eigenvalue weighted by molar-refractivity contribution is -0.118. The molecule has 0 saturated heterocycles. The fourth-order valence-corrected chi connectivity index (χ4v) is 3.66. The van der Waals surface area contributed by atoms with Crippen molar-refractivity contribution in [3.63, 3.8) is 0 Å². The predicted molar refractivity (Wildman–Crippen MR) is 155 cm³/mol. The van der Waals surface area contributed by atoms with E-state index < -0.39 is 5.91 Å². The van der Waals surface area contributed by atoms with Gasteiger partial charge in [-0.05, 0) is 84.8 Å². The fourth-order valence-electron chi connectivity index (χ4n) is 3.53. The monoisotopic (exact) mass is 557 g/mol. The number of rotatable bonds is 12. The van der Waals surface area contributed by atoms with Crippen LogP contribution in [0.5, 0.6) is 17.2 Å². The van der Waals surface area contributed by atoms with Crippen molar-refractivity contribution >= 4 is 35.3 Å². The summed E-state index contributed by atoms with van der Waals surface area (Å²) in [5, 5.41) is 7.36. The standard InChI is InChI=1S/C31H28ClN3O5/c1-2-38-29-18-24(10-17-28(29)40-20-23-6-4-3-5-7-23)31(37)35-33-19-22-8-15-27(16-9-22)39-21-30(36)34-26-13-11-25(32)12-14-26/h3-19H,2,20-21H2,1H3,(H,34,36)(H,35,37)/b33-19+. The molecular weight excluding hydrogens is 530 g/mol. The van der Waals surface area contributed by atoms with Crippen LogP contribution in [0, 0.1) is 0 Å². The van der Waals surface area contributed by atoms with E-state index in [2.05, 4.69) is 15.8 Å². The number of halogens is 1. The summed E-state index contributed by atoms with van der Waals surface area (Å²) < 4.78 is 17.1. The first kappa shape index (κ1) is 28.2. The van der Waals surface area contributed by atoms with Crippen molar-refractivity contribution < 1.29 is 23.8 Å². The van der Waals surface area contributed by atoms with Gasteiger partial charge in [-0.2, -0.15) is 5.10 Å². The van der Waals surface area contributed by atoms with Gasteiger partial charge < -0.3 is 19.5 Å². The van der Waals surface area contributed by atoms with Gasteiger partial charge in [0, 0.05) is 16.3 Å². The number of amides is 2. The van der Waals surface area contributed by atoms with E-state index in [0.717, 1.165) is 11.1 Å². The summed E-state index contributed by atoms with van der Waals surface area (Å²) in [7, 11) is 0. The number of hydrogen-bond acceptors (Lipinski definition) is 6. The van der Waals surface area contributed by atoms with E-state index in [1.165, 1.54) is 6.21 Å². The largest absolute Gasteiger partial charge is 0.490 e. The summed E-state index contributed by atoms with van der Waals surface area (Å²) in [6.45, 7) is 2.53. The summed E-state index contributed by atoms with van der Waals surface area (Å²) in [5.41, 5.74) is 5.29. The quantitative estimate of drug-likeness (QED) is 0.162. The molecule has 0 unspecified atom stereocenters. The molecule has 0 spiro atoms. The lowest BCUT2D eigenvalue weighted by Crippen LogP contribution is -2.20. The smallest absolute Gasteiger partial charge is 0.271 e. The zero-order valence-corrected chi connectivity index (χ0v) is 22.6. The van der Waals surface area contributed by atoms with Crippen LogP contribution in [0.15, 0.2) is 102 Å². The summed E-state index contributed by atoms with van der Waals surface area (Å²) in [4.78, 5) is 24.7. The van der Waals surface area contributed by atoms with Crippen molar-refractivity contribution in [2.75, 3.05) is 18.5 Å². The molecule has 4 aromatic carbocycles. The molecule has 0 aliphatic carbocycles. The molecule has 40 heavy (non-hydrogen) atoms. The second-order valence-corrected chi connectivity index (χ2v) is 8.92. The second-order valence-electron chi connectivity index (χ2n) is 8.48. The Balaban J connectivity index is 1.26. The third-order valence-corrected chi connectivity index (χ3v) is 5.75. The van der Waals surface area contributed by atoms with Gasteiger partial charge in [0.05, 0.1) is 12.8 Å². The van der Waals surface area contributed by atoms with Crippen molar-refractivity contribution in [1.29, 1.82) is 0 Å². The first-order valence-electron chi connectivity index (χ1n) is 12.6. The van der Waals surface area contributed by atoms with Gasteiger partial charge in [0.25, 0.3) is 11.8 Å². The number of hydrogen-bond donors (Lipinski definition) is 2. The number of ether oxygens (including phenoxy) is 3. The molecule has 0 atom stereocenters. The summed E-state index contributed by atoms with van der Waals surface area (Å²) in [6.07, 6.45) is 1.51. The molecule has 204 valence electrons. The highest BCUT2D eigenvalue weighted by Gasteiger charge is 2.12. The molecule has 0 aromatic heterocycles. The molecule has 0 heterocycles. The lowest BCUT2D eigenvalue weighted by Gasteiger charge is -2.13. The number of anilines is 1. The minimum Gasteiger partial charge on any atom is -0.490 e. The van der Waals surface area contributed by atoms with Crippen LogP contribution in [0.2, 0.25) is 5.02 Å². The Bertz CT molecular complexity index is 1440. The molecule has 9 heteroatoms. The molecule has 8 nitrogen and oxygen atoms in total. The molecule has 0 aliphatic rings. The topological polar surface area (TPSA) is 98.3 Å². The van der Waals surface area contributed by atoms with Gasteiger partial charge in [0.2, 0.25) is 0 Å². The number of benzene rings is 4. The third-order valence-electron chi connectivity index (χ3n) is 5.50. The summed E-state index contributed by atoms with van der Waals surface area (Å²) in [6, 6.07) is 28.5. The maximum Gasteiger partial charge on any atom is 0.271 e. The Morgan fingerprint density at radius 3 is 2.33 bits per heavy atom. The van der Waals surface area contributed by atoms with Crippen LogP contribution in [-0.4, -0.2) is 31.2 Å². The number of carbonyl (C=O) groups is 2. The average molecular weight is 558 g/mol. The number of carbonyl (C=O) groups excluding carboxylic acids is 2. The number of nitrogens with one attached hydrogen (secondary N) is 2. The molecule has 4 rings (SSSR count). The van der Waals surface area contributed by atoms with E-state index in [1.54, 1.807) is 66.7 Å². The Kier molecular flexibility index (Phi) is 10.1. The SMILES string of the molecule is CCOc1cc(C(=O)N/N=C/c2ccc(OCC(=O)Nc3ccc(Cl)cc3)cc2)ccc1OCc1ccccc1. The fraction of sp³-hybridized carbons (Fsp3) is 0.129. The predicted octanol–water partition coefficient (Wildman–Crippen LogP) is 6.10. The highest BCUT2D eigenvalue weighted by atomic mass is 35.5. The van der Waals surface area contributed by atoms with Gasteiger partial charge in [0.1, 0.15) is 12.4 Å². The molecule has 0 radical (unpaired) electrons. The minimum atomic E-state index is -0.390. The van der Waals surface area contributed by atoms with Gasteiger partial charge >= 0.3 is 0 Å². The highest BCUT2D eigenvalue weighted by Crippen LogP contribution is 2.29. The van der Waals surface area contributed by atoms with Crippen LogP contribution in [0.25, 0.3) is 0 Å². The maximum atomic E-state index is 12.6. The van der Waals surface area contributed by atoms with Crippen molar-refractivity contribution in [2.24, 2.45) is 5.10 Å². The molecule has 0 aliphatic heterocycles. The summed E-state index contributed by atoms with van der Waals surface area (Å²) >= 11 is 5.85. The average Bonchev–Trinajstić information content (AvgIpc) is 2.98. The second kappa shape index (κ2) is 14.4. The molecule has 2 amide bonds.